The zero-order chi connectivity index (χ0) is 7.28. The van der Waals surface area contributed by atoms with Crippen molar-refractivity contribution < 1.29 is 4.79 Å². The number of rotatable bonds is 4. The lowest BCUT2D eigenvalue weighted by Crippen LogP contribution is -1.97. The summed E-state index contributed by atoms with van der Waals surface area (Å²) in [5.74, 6) is 0.223. The van der Waals surface area contributed by atoms with Crippen LogP contribution in [-0.2, 0) is 4.79 Å². The fourth-order valence-electron chi connectivity index (χ4n) is 0.447. The Labute approximate surface area is 65.3 Å². The molecule has 0 aliphatic rings. The molecule has 0 atom stereocenters. The van der Waals surface area contributed by atoms with E-state index in [1.807, 2.05) is 6.92 Å². The molecule has 0 aliphatic heterocycles. The summed E-state index contributed by atoms with van der Waals surface area (Å²) in [6.07, 6.45) is 1.67. The van der Waals surface area contributed by atoms with E-state index in [4.69, 9.17) is 23.2 Å². The van der Waals surface area contributed by atoms with E-state index in [2.05, 4.69) is 0 Å². The zero-order valence-corrected chi connectivity index (χ0v) is 6.87. The summed E-state index contributed by atoms with van der Waals surface area (Å²) in [5, 5.41) is 0. The Morgan fingerprint density at radius 3 is 2.44 bits per heavy atom. The van der Waals surface area contributed by atoms with Crippen LogP contribution in [0.3, 0.4) is 0 Å². The van der Waals surface area contributed by atoms with E-state index in [-0.39, 0.29) is 10.6 Å². The van der Waals surface area contributed by atoms with E-state index in [1.54, 1.807) is 0 Å². The third-order valence-electron chi connectivity index (χ3n) is 1.04. The molecule has 0 fully saturated rings. The Morgan fingerprint density at radius 2 is 2.11 bits per heavy atom. The Bertz CT molecular complexity index is 91.1. The molecule has 0 heterocycles. The number of carbonyl (C=O) groups is 1. The van der Waals surface area contributed by atoms with Gasteiger partial charge in [-0.1, -0.05) is 6.92 Å². The first kappa shape index (κ1) is 9.25. The Hall–Kier alpha value is 0.250. The standard InChI is InChI=1S/C6H10Cl2O/c1-2-5(9)3-4-6(7)8/h6H,2-4H2,1H3. The summed E-state index contributed by atoms with van der Waals surface area (Å²) in [5.41, 5.74) is 0. The van der Waals surface area contributed by atoms with Crippen molar-refractivity contribution in [3.8, 4) is 0 Å². The maximum absolute atomic E-state index is 10.6. The number of hydrogen-bond donors (Lipinski definition) is 0. The van der Waals surface area contributed by atoms with Gasteiger partial charge < -0.3 is 0 Å². The third kappa shape index (κ3) is 6.13. The first-order chi connectivity index (χ1) is 4.16. The minimum atomic E-state index is -0.388. The van der Waals surface area contributed by atoms with Gasteiger partial charge in [-0.2, -0.15) is 0 Å². The third-order valence-corrected chi connectivity index (χ3v) is 1.47. The molecule has 0 radical (unpaired) electrons. The van der Waals surface area contributed by atoms with Crippen molar-refractivity contribution in [2.24, 2.45) is 0 Å². The average Bonchev–Trinajstić information content (AvgIpc) is 1.83. The van der Waals surface area contributed by atoms with Gasteiger partial charge >= 0.3 is 0 Å². The van der Waals surface area contributed by atoms with Crippen LogP contribution in [-0.4, -0.2) is 10.6 Å². The van der Waals surface area contributed by atoms with Crippen molar-refractivity contribution in [3.63, 3.8) is 0 Å². The van der Waals surface area contributed by atoms with Crippen LogP contribution in [0.4, 0.5) is 0 Å². The molecule has 9 heavy (non-hydrogen) atoms. The highest BCUT2D eigenvalue weighted by Gasteiger charge is 2.02. The molecule has 0 amide bonds. The predicted octanol–water partition coefficient (Wildman–Crippen LogP) is 2.55. The Morgan fingerprint density at radius 1 is 1.56 bits per heavy atom. The smallest absolute Gasteiger partial charge is 0.132 e. The maximum atomic E-state index is 10.6. The van der Waals surface area contributed by atoms with E-state index in [0.29, 0.717) is 19.3 Å². The monoisotopic (exact) mass is 168 g/mol. The molecule has 0 N–H and O–H groups in total. The molecule has 0 unspecified atom stereocenters. The van der Waals surface area contributed by atoms with Gasteiger partial charge in [0.25, 0.3) is 0 Å². The first-order valence-electron chi connectivity index (χ1n) is 2.96. The quantitative estimate of drug-likeness (QED) is 0.591. The van der Waals surface area contributed by atoms with Crippen molar-refractivity contribution in [3.05, 3.63) is 0 Å². The molecule has 0 aromatic carbocycles. The molecular weight excluding hydrogens is 159 g/mol. The number of hydrogen-bond acceptors (Lipinski definition) is 1. The number of carbonyl (C=O) groups excluding carboxylic acids is 1. The summed E-state index contributed by atoms with van der Waals surface area (Å²) in [7, 11) is 0. The van der Waals surface area contributed by atoms with Crippen molar-refractivity contribution >= 4 is 29.0 Å². The molecule has 0 aromatic rings. The minimum Gasteiger partial charge on any atom is -0.300 e. The van der Waals surface area contributed by atoms with Crippen LogP contribution >= 0.6 is 23.2 Å². The first-order valence-corrected chi connectivity index (χ1v) is 3.84. The molecule has 0 bridgehead atoms. The molecule has 1 nitrogen and oxygen atoms in total. The second kappa shape index (κ2) is 5.07. The van der Waals surface area contributed by atoms with Gasteiger partial charge in [-0.25, -0.2) is 0 Å². The van der Waals surface area contributed by atoms with Gasteiger partial charge in [0, 0.05) is 12.8 Å². The Balaban J connectivity index is 3.17. The molecular formula is C6H10Cl2O. The van der Waals surface area contributed by atoms with Crippen LogP contribution in [0.1, 0.15) is 26.2 Å². The summed E-state index contributed by atoms with van der Waals surface area (Å²) in [6, 6.07) is 0. The zero-order valence-electron chi connectivity index (χ0n) is 5.36. The van der Waals surface area contributed by atoms with Crippen molar-refractivity contribution in [1.29, 1.82) is 0 Å². The molecule has 0 saturated carbocycles. The molecule has 54 valence electrons. The van der Waals surface area contributed by atoms with E-state index in [1.165, 1.54) is 0 Å². The van der Waals surface area contributed by atoms with Crippen LogP contribution in [0.25, 0.3) is 0 Å². The minimum absolute atomic E-state index is 0.223. The molecule has 0 aliphatic carbocycles. The molecule has 0 aromatic heterocycles. The van der Waals surface area contributed by atoms with Crippen LogP contribution in [0.15, 0.2) is 0 Å². The highest BCUT2D eigenvalue weighted by atomic mass is 35.5. The fourth-order valence-corrected chi connectivity index (χ4v) is 0.665. The lowest BCUT2D eigenvalue weighted by Gasteiger charge is -1.96. The van der Waals surface area contributed by atoms with Gasteiger partial charge in [0.05, 0.1) is 0 Å². The normalized spacial score (nSPS) is 10.2. The summed E-state index contributed by atoms with van der Waals surface area (Å²) in [4.78, 5) is 10.2. The van der Waals surface area contributed by atoms with Gasteiger partial charge in [0.1, 0.15) is 10.6 Å². The van der Waals surface area contributed by atoms with Gasteiger partial charge in [-0.05, 0) is 6.42 Å². The number of alkyl halides is 2. The molecule has 0 saturated heterocycles. The van der Waals surface area contributed by atoms with Gasteiger partial charge in [-0.15, -0.1) is 23.2 Å². The Kier molecular flexibility index (Phi) is 5.21. The molecule has 3 heteroatoms. The van der Waals surface area contributed by atoms with Crippen LogP contribution in [0.2, 0.25) is 0 Å². The van der Waals surface area contributed by atoms with Crippen LogP contribution < -0.4 is 0 Å². The maximum Gasteiger partial charge on any atom is 0.132 e. The second-order valence-corrected chi connectivity index (χ2v) is 3.10. The predicted molar refractivity (Wildman–Crippen MR) is 40.0 cm³/mol. The highest BCUT2D eigenvalue weighted by molar-refractivity contribution is 6.44. The molecule has 0 spiro atoms. The van der Waals surface area contributed by atoms with Crippen molar-refractivity contribution in [2.45, 2.75) is 31.0 Å². The van der Waals surface area contributed by atoms with Crippen LogP contribution in [0, 0.1) is 0 Å². The fraction of sp³-hybridized carbons (Fsp3) is 0.833. The number of halogens is 2. The number of ketones is 1. The summed E-state index contributed by atoms with van der Waals surface area (Å²) in [6.45, 7) is 1.83. The van der Waals surface area contributed by atoms with Crippen molar-refractivity contribution in [1.82, 2.24) is 0 Å². The topological polar surface area (TPSA) is 17.1 Å². The van der Waals surface area contributed by atoms with E-state index >= 15 is 0 Å². The lowest BCUT2D eigenvalue weighted by molar-refractivity contribution is -0.118. The molecule has 0 rings (SSSR count). The van der Waals surface area contributed by atoms with Gasteiger partial charge in [0.2, 0.25) is 0 Å². The summed E-state index contributed by atoms with van der Waals surface area (Å²) < 4.78 is 0. The highest BCUT2D eigenvalue weighted by Crippen LogP contribution is 2.10. The van der Waals surface area contributed by atoms with E-state index < -0.39 is 0 Å². The van der Waals surface area contributed by atoms with Gasteiger partial charge in [0.15, 0.2) is 0 Å². The van der Waals surface area contributed by atoms with Crippen molar-refractivity contribution in [2.75, 3.05) is 0 Å². The van der Waals surface area contributed by atoms with E-state index in [0.717, 1.165) is 0 Å². The van der Waals surface area contributed by atoms with Crippen LogP contribution in [0.5, 0.6) is 0 Å². The summed E-state index contributed by atoms with van der Waals surface area (Å²) >= 11 is 10.8. The lowest BCUT2D eigenvalue weighted by atomic mass is 10.2. The number of Topliss-reactive ketones (excluding diaryl/α,β-unsaturated/α-hetero) is 1. The second-order valence-electron chi connectivity index (χ2n) is 1.82. The van der Waals surface area contributed by atoms with Gasteiger partial charge in [-0.3, -0.25) is 4.79 Å². The largest absolute Gasteiger partial charge is 0.300 e. The van der Waals surface area contributed by atoms with E-state index in [9.17, 15) is 4.79 Å². The SMILES string of the molecule is CCC(=O)CCC(Cl)Cl. The average molecular weight is 169 g/mol.